The third-order valence-corrected chi connectivity index (χ3v) is 1.81. The first-order valence-corrected chi connectivity index (χ1v) is 4.15. The normalized spacial score (nSPS) is 10.5. The Bertz CT molecular complexity index is 370. The maximum Gasteiger partial charge on any atom is 0.330 e. The van der Waals surface area contributed by atoms with E-state index in [9.17, 15) is 9.18 Å². The van der Waals surface area contributed by atoms with Gasteiger partial charge in [0.1, 0.15) is 5.82 Å². The van der Waals surface area contributed by atoms with Crippen molar-refractivity contribution < 1.29 is 13.9 Å². The van der Waals surface area contributed by atoms with Crippen molar-refractivity contribution in [1.29, 1.82) is 0 Å². The van der Waals surface area contributed by atoms with Crippen LogP contribution in [0.1, 0.15) is 11.1 Å². The van der Waals surface area contributed by atoms with Gasteiger partial charge in [0.15, 0.2) is 0 Å². The third-order valence-electron chi connectivity index (χ3n) is 1.81. The Morgan fingerprint density at radius 3 is 2.79 bits per heavy atom. The van der Waals surface area contributed by atoms with Crippen molar-refractivity contribution in [2.45, 2.75) is 6.92 Å². The van der Waals surface area contributed by atoms with Crippen LogP contribution < -0.4 is 0 Å². The second-order valence-corrected chi connectivity index (χ2v) is 2.87. The summed E-state index contributed by atoms with van der Waals surface area (Å²) in [4.78, 5) is 10.7. The van der Waals surface area contributed by atoms with Crippen LogP contribution >= 0.6 is 0 Å². The minimum Gasteiger partial charge on any atom is -0.466 e. The van der Waals surface area contributed by atoms with Gasteiger partial charge in [0.2, 0.25) is 0 Å². The largest absolute Gasteiger partial charge is 0.466 e. The molecule has 0 aliphatic carbocycles. The predicted molar refractivity (Wildman–Crippen MR) is 52.2 cm³/mol. The summed E-state index contributed by atoms with van der Waals surface area (Å²) in [6, 6.07) is 4.76. The first kappa shape index (κ1) is 10.4. The Kier molecular flexibility index (Phi) is 3.40. The average Bonchev–Trinajstić information content (AvgIpc) is 2.19. The van der Waals surface area contributed by atoms with E-state index >= 15 is 0 Å². The second-order valence-electron chi connectivity index (χ2n) is 2.87. The minimum absolute atomic E-state index is 0.281. The van der Waals surface area contributed by atoms with Gasteiger partial charge in [-0.25, -0.2) is 9.18 Å². The van der Waals surface area contributed by atoms with Gasteiger partial charge in [0, 0.05) is 6.08 Å². The molecule has 0 amide bonds. The van der Waals surface area contributed by atoms with Crippen LogP contribution in [0.5, 0.6) is 0 Å². The van der Waals surface area contributed by atoms with Gasteiger partial charge < -0.3 is 4.74 Å². The van der Waals surface area contributed by atoms with E-state index in [0.29, 0.717) is 11.1 Å². The topological polar surface area (TPSA) is 26.3 Å². The molecule has 0 aliphatic heterocycles. The van der Waals surface area contributed by atoms with Crippen LogP contribution in [-0.4, -0.2) is 13.1 Å². The molecule has 14 heavy (non-hydrogen) atoms. The molecule has 0 saturated heterocycles. The van der Waals surface area contributed by atoms with Crippen molar-refractivity contribution >= 4 is 12.0 Å². The SMILES string of the molecule is COC(=O)C=Cc1ccc(C)c(F)c1. The van der Waals surface area contributed by atoms with Gasteiger partial charge in [-0.1, -0.05) is 12.1 Å². The Morgan fingerprint density at radius 1 is 1.50 bits per heavy atom. The fourth-order valence-corrected chi connectivity index (χ4v) is 0.945. The van der Waals surface area contributed by atoms with E-state index in [-0.39, 0.29) is 5.82 Å². The molecule has 1 aromatic rings. The molecule has 0 bridgehead atoms. The van der Waals surface area contributed by atoms with Gasteiger partial charge in [-0.3, -0.25) is 0 Å². The number of aryl methyl sites for hydroxylation is 1. The highest BCUT2D eigenvalue weighted by Gasteiger charge is 1.97. The molecule has 0 saturated carbocycles. The number of methoxy groups -OCH3 is 1. The predicted octanol–water partition coefficient (Wildman–Crippen LogP) is 2.32. The van der Waals surface area contributed by atoms with Gasteiger partial charge >= 0.3 is 5.97 Å². The molecule has 0 unspecified atom stereocenters. The van der Waals surface area contributed by atoms with E-state index in [2.05, 4.69) is 4.74 Å². The molecule has 0 atom stereocenters. The summed E-state index contributed by atoms with van der Waals surface area (Å²) in [5.41, 5.74) is 1.22. The average molecular weight is 194 g/mol. The molecule has 1 rings (SSSR count). The van der Waals surface area contributed by atoms with E-state index in [0.717, 1.165) is 0 Å². The second kappa shape index (κ2) is 4.56. The molecule has 2 nitrogen and oxygen atoms in total. The zero-order chi connectivity index (χ0) is 10.6. The smallest absolute Gasteiger partial charge is 0.330 e. The van der Waals surface area contributed by atoms with Crippen molar-refractivity contribution in [1.82, 2.24) is 0 Å². The first-order chi connectivity index (χ1) is 6.63. The van der Waals surface area contributed by atoms with Crippen molar-refractivity contribution in [2.75, 3.05) is 7.11 Å². The Hall–Kier alpha value is -1.64. The molecule has 0 aliphatic rings. The van der Waals surface area contributed by atoms with Gasteiger partial charge in [-0.05, 0) is 30.2 Å². The van der Waals surface area contributed by atoms with Crippen LogP contribution in [0.2, 0.25) is 0 Å². The molecule has 0 fully saturated rings. The Labute approximate surface area is 82.0 Å². The van der Waals surface area contributed by atoms with E-state index < -0.39 is 5.97 Å². The number of esters is 1. The van der Waals surface area contributed by atoms with Gasteiger partial charge in [0.05, 0.1) is 7.11 Å². The summed E-state index contributed by atoms with van der Waals surface area (Å²) in [6.07, 6.45) is 2.76. The molecule has 74 valence electrons. The lowest BCUT2D eigenvalue weighted by atomic mass is 10.1. The number of hydrogen-bond acceptors (Lipinski definition) is 2. The van der Waals surface area contributed by atoms with Crippen LogP contribution in [-0.2, 0) is 9.53 Å². The molecular weight excluding hydrogens is 183 g/mol. The van der Waals surface area contributed by atoms with Crippen molar-refractivity contribution in [3.8, 4) is 0 Å². The molecule has 0 heterocycles. The van der Waals surface area contributed by atoms with Gasteiger partial charge in [0.25, 0.3) is 0 Å². The molecule has 0 radical (unpaired) electrons. The summed E-state index contributed by atoms with van der Waals surface area (Å²) in [5, 5.41) is 0. The van der Waals surface area contributed by atoms with E-state index in [1.807, 2.05) is 0 Å². The van der Waals surface area contributed by atoms with E-state index in [1.165, 1.54) is 25.3 Å². The number of carbonyl (C=O) groups is 1. The highest BCUT2D eigenvalue weighted by Crippen LogP contribution is 2.10. The fraction of sp³-hybridized carbons (Fsp3) is 0.182. The zero-order valence-corrected chi connectivity index (χ0v) is 8.08. The summed E-state index contributed by atoms with van der Waals surface area (Å²) < 4.78 is 17.4. The monoisotopic (exact) mass is 194 g/mol. The number of ether oxygens (including phenoxy) is 1. The molecular formula is C11H11FO2. The number of benzene rings is 1. The maximum absolute atomic E-state index is 13.0. The number of carbonyl (C=O) groups excluding carboxylic acids is 1. The van der Waals surface area contributed by atoms with E-state index in [1.54, 1.807) is 19.1 Å². The van der Waals surface area contributed by atoms with Crippen LogP contribution in [0.3, 0.4) is 0 Å². The number of rotatable bonds is 2. The minimum atomic E-state index is -0.453. The summed E-state index contributed by atoms with van der Waals surface area (Å²) in [5.74, 6) is -0.733. The lowest BCUT2D eigenvalue weighted by molar-refractivity contribution is -0.134. The van der Waals surface area contributed by atoms with Gasteiger partial charge in [-0.2, -0.15) is 0 Å². The fourth-order valence-electron chi connectivity index (χ4n) is 0.945. The summed E-state index contributed by atoms with van der Waals surface area (Å²) >= 11 is 0. The highest BCUT2D eigenvalue weighted by atomic mass is 19.1. The zero-order valence-electron chi connectivity index (χ0n) is 8.08. The van der Waals surface area contributed by atoms with Crippen LogP contribution in [0, 0.1) is 12.7 Å². The lowest BCUT2D eigenvalue weighted by Crippen LogP contribution is -1.93. The van der Waals surface area contributed by atoms with Gasteiger partial charge in [-0.15, -0.1) is 0 Å². The quantitative estimate of drug-likeness (QED) is 0.533. The summed E-state index contributed by atoms with van der Waals surface area (Å²) in [6.45, 7) is 1.68. The van der Waals surface area contributed by atoms with Crippen LogP contribution in [0.15, 0.2) is 24.3 Å². The molecule has 0 N–H and O–H groups in total. The van der Waals surface area contributed by atoms with Crippen molar-refractivity contribution in [2.24, 2.45) is 0 Å². The summed E-state index contributed by atoms with van der Waals surface area (Å²) in [7, 11) is 1.29. The molecule has 0 spiro atoms. The lowest BCUT2D eigenvalue weighted by Gasteiger charge is -1.97. The van der Waals surface area contributed by atoms with Crippen LogP contribution in [0.25, 0.3) is 6.08 Å². The molecule has 1 aromatic carbocycles. The van der Waals surface area contributed by atoms with Crippen molar-refractivity contribution in [3.05, 3.63) is 41.2 Å². The Morgan fingerprint density at radius 2 is 2.21 bits per heavy atom. The maximum atomic E-state index is 13.0. The highest BCUT2D eigenvalue weighted by molar-refractivity contribution is 5.86. The first-order valence-electron chi connectivity index (χ1n) is 4.15. The molecule has 0 aromatic heterocycles. The van der Waals surface area contributed by atoms with E-state index in [4.69, 9.17) is 0 Å². The van der Waals surface area contributed by atoms with Crippen LogP contribution in [0.4, 0.5) is 4.39 Å². The standard InChI is InChI=1S/C11H11FO2/c1-8-3-4-9(7-10(8)12)5-6-11(13)14-2/h3-7H,1-2H3. The third kappa shape index (κ3) is 2.69. The Balaban J connectivity index is 2.83. The number of hydrogen-bond donors (Lipinski definition) is 0. The number of halogens is 1. The van der Waals surface area contributed by atoms with Crippen molar-refractivity contribution in [3.63, 3.8) is 0 Å². The molecule has 3 heteroatoms.